The van der Waals surface area contributed by atoms with Gasteiger partial charge in [-0.15, -0.1) is 0 Å². The van der Waals surface area contributed by atoms with Gasteiger partial charge in [-0.3, -0.25) is 0 Å². The maximum absolute atomic E-state index is 9.72. The maximum atomic E-state index is 9.72. The molecule has 1 fully saturated rings. The molecule has 1 aliphatic carbocycles. The number of phenols is 1. The molecule has 5 rings (SSSR count). The summed E-state index contributed by atoms with van der Waals surface area (Å²) in [6.07, 6.45) is 6.73. The van der Waals surface area contributed by atoms with Crippen LogP contribution in [0.3, 0.4) is 0 Å². The third kappa shape index (κ3) is 3.08. The highest BCUT2D eigenvalue weighted by atomic mass is 16.3. The molecule has 136 valence electrons. The number of para-hydroxylation sites is 2. The fraction of sp³-hybridized carbons (Fsp3) is 0.292. The Bertz CT molecular complexity index is 1110. The highest BCUT2D eigenvalue weighted by molar-refractivity contribution is 5.89. The van der Waals surface area contributed by atoms with Crippen LogP contribution in [0.4, 0.5) is 0 Å². The Morgan fingerprint density at radius 1 is 0.889 bits per heavy atom. The van der Waals surface area contributed by atoms with Crippen LogP contribution in [0.25, 0.3) is 33.2 Å². The summed E-state index contributed by atoms with van der Waals surface area (Å²) in [7, 11) is 0. The first-order valence-electron chi connectivity index (χ1n) is 9.96. The number of nitrogens with zero attached hydrogens (tertiary/aromatic N) is 2. The Balaban J connectivity index is 1.63. The highest BCUT2D eigenvalue weighted by Crippen LogP contribution is 2.32. The zero-order valence-electron chi connectivity index (χ0n) is 15.4. The molecule has 0 bridgehead atoms. The van der Waals surface area contributed by atoms with Crippen molar-refractivity contribution >= 4 is 21.8 Å². The van der Waals surface area contributed by atoms with E-state index in [1.807, 2.05) is 12.1 Å². The standard InChI is InChI=1S/C24H24N2O/c27-21-13-12-18-14-20(11-10-19(18)15-21)24-25-22-8-4-5-9-23(22)26(24)16-17-6-2-1-3-7-17/h4-5,8-15,17,27H,1-3,6-7,16H2. The number of phenolic OH excluding ortho intramolecular Hbond substituents is 1. The van der Waals surface area contributed by atoms with Gasteiger partial charge in [0, 0.05) is 12.1 Å². The van der Waals surface area contributed by atoms with E-state index in [0.717, 1.165) is 40.1 Å². The van der Waals surface area contributed by atoms with Crippen LogP contribution in [0.15, 0.2) is 60.7 Å². The topological polar surface area (TPSA) is 38.1 Å². The maximum Gasteiger partial charge on any atom is 0.141 e. The Hall–Kier alpha value is -2.81. The van der Waals surface area contributed by atoms with Gasteiger partial charge >= 0.3 is 0 Å². The van der Waals surface area contributed by atoms with Crippen LogP contribution in [0.2, 0.25) is 0 Å². The molecule has 1 aromatic heterocycles. The second-order valence-corrected chi connectivity index (χ2v) is 7.78. The quantitative estimate of drug-likeness (QED) is 0.478. The summed E-state index contributed by atoms with van der Waals surface area (Å²) in [4.78, 5) is 4.99. The number of benzene rings is 3. The van der Waals surface area contributed by atoms with E-state index < -0.39 is 0 Å². The molecule has 1 heterocycles. The molecule has 0 aliphatic heterocycles. The minimum absolute atomic E-state index is 0.305. The smallest absolute Gasteiger partial charge is 0.141 e. The van der Waals surface area contributed by atoms with Crippen LogP contribution in [-0.2, 0) is 6.54 Å². The summed E-state index contributed by atoms with van der Waals surface area (Å²) >= 11 is 0. The second-order valence-electron chi connectivity index (χ2n) is 7.78. The molecule has 1 aliphatic rings. The predicted octanol–water partition coefficient (Wildman–Crippen LogP) is 6.14. The van der Waals surface area contributed by atoms with Crippen molar-refractivity contribution in [3.05, 3.63) is 60.7 Å². The second kappa shape index (κ2) is 6.73. The van der Waals surface area contributed by atoms with Crippen LogP contribution in [0.1, 0.15) is 32.1 Å². The molecule has 1 saturated carbocycles. The normalized spacial score (nSPS) is 15.6. The van der Waals surface area contributed by atoms with Crippen LogP contribution >= 0.6 is 0 Å². The average molecular weight is 356 g/mol. The fourth-order valence-electron chi connectivity index (χ4n) is 4.48. The highest BCUT2D eigenvalue weighted by Gasteiger charge is 2.19. The van der Waals surface area contributed by atoms with Crippen LogP contribution < -0.4 is 0 Å². The molecule has 0 amide bonds. The lowest BCUT2D eigenvalue weighted by Gasteiger charge is -2.23. The number of imidazole rings is 1. The van der Waals surface area contributed by atoms with Crippen molar-refractivity contribution in [3.63, 3.8) is 0 Å². The van der Waals surface area contributed by atoms with Crippen LogP contribution in [0, 0.1) is 5.92 Å². The summed E-state index contributed by atoms with van der Waals surface area (Å²) in [6.45, 7) is 1.05. The van der Waals surface area contributed by atoms with Crippen molar-refractivity contribution in [1.29, 1.82) is 0 Å². The number of fused-ring (bicyclic) bond motifs is 2. The molecule has 27 heavy (non-hydrogen) atoms. The van der Waals surface area contributed by atoms with Gasteiger partial charge in [0.25, 0.3) is 0 Å². The lowest BCUT2D eigenvalue weighted by molar-refractivity contribution is 0.323. The minimum atomic E-state index is 0.305. The van der Waals surface area contributed by atoms with Gasteiger partial charge in [0.2, 0.25) is 0 Å². The molecule has 3 aromatic carbocycles. The van der Waals surface area contributed by atoms with Gasteiger partial charge < -0.3 is 9.67 Å². The van der Waals surface area contributed by atoms with Crippen molar-refractivity contribution in [3.8, 4) is 17.1 Å². The van der Waals surface area contributed by atoms with E-state index in [4.69, 9.17) is 4.98 Å². The third-order valence-corrected chi connectivity index (χ3v) is 5.90. The fourth-order valence-corrected chi connectivity index (χ4v) is 4.48. The molecule has 0 spiro atoms. The largest absolute Gasteiger partial charge is 0.508 e. The zero-order chi connectivity index (χ0) is 18.2. The van der Waals surface area contributed by atoms with Crippen LogP contribution in [-0.4, -0.2) is 14.7 Å². The van der Waals surface area contributed by atoms with E-state index in [9.17, 15) is 5.11 Å². The van der Waals surface area contributed by atoms with Gasteiger partial charge in [-0.25, -0.2) is 4.98 Å². The first-order chi connectivity index (χ1) is 13.3. The average Bonchev–Trinajstić information content (AvgIpc) is 3.07. The van der Waals surface area contributed by atoms with Crippen LogP contribution in [0.5, 0.6) is 5.75 Å². The molecular weight excluding hydrogens is 332 g/mol. The summed E-state index contributed by atoms with van der Waals surface area (Å²) < 4.78 is 2.42. The number of hydrogen-bond acceptors (Lipinski definition) is 2. The van der Waals surface area contributed by atoms with Gasteiger partial charge in [0.15, 0.2) is 0 Å². The SMILES string of the molecule is Oc1ccc2cc(-c3nc4ccccc4n3CC3CCCCC3)ccc2c1. The Morgan fingerprint density at radius 3 is 2.56 bits per heavy atom. The van der Waals surface area contributed by atoms with E-state index in [1.54, 1.807) is 6.07 Å². The van der Waals surface area contributed by atoms with Crippen molar-refractivity contribution in [2.24, 2.45) is 5.92 Å². The molecule has 4 aromatic rings. The Kier molecular flexibility index (Phi) is 4.08. The predicted molar refractivity (Wildman–Crippen MR) is 111 cm³/mol. The summed E-state index contributed by atoms with van der Waals surface area (Å²) in [5.41, 5.74) is 3.43. The third-order valence-electron chi connectivity index (χ3n) is 5.90. The van der Waals surface area contributed by atoms with E-state index in [1.165, 1.54) is 37.6 Å². The monoisotopic (exact) mass is 356 g/mol. The van der Waals surface area contributed by atoms with Gasteiger partial charge in [0.05, 0.1) is 11.0 Å². The van der Waals surface area contributed by atoms with E-state index >= 15 is 0 Å². The van der Waals surface area contributed by atoms with Crippen molar-refractivity contribution in [1.82, 2.24) is 9.55 Å². The molecule has 0 saturated heterocycles. The van der Waals surface area contributed by atoms with Crippen molar-refractivity contribution < 1.29 is 5.11 Å². The zero-order valence-corrected chi connectivity index (χ0v) is 15.4. The first kappa shape index (κ1) is 16.4. The Labute approximate surface area is 159 Å². The molecule has 3 nitrogen and oxygen atoms in total. The minimum Gasteiger partial charge on any atom is -0.508 e. The number of hydrogen-bond donors (Lipinski definition) is 1. The van der Waals surface area contributed by atoms with E-state index in [2.05, 4.69) is 47.0 Å². The van der Waals surface area contributed by atoms with Gasteiger partial charge in [0.1, 0.15) is 11.6 Å². The number of aromatic nitrogens is 2. The van der Waals surface area contributed by atoms with Gasteiger partial charge in [-0.1, -0.05) is 49.6 Å². The molecule has 0 atom stereocenters. The molecule has 3 heteroatoms. The first-order valence-corrected chi connectivity index (χ1v) is 9.96. The summed E-state index contributed by atoms with van der Waals surface area (Å²) in [6, 6.07) is 20.4. The van der Waals surface area contributed by atoms with Crippen molar-refractivity contribution in [2.75, 3.05) is 0 Å². The molecule has 0 radical (unpaired) electrons. The lowest BCUT2D eigenvalue weighted by atomic mass is 9.89. The lowest BCUT2D eigenvalue weighted by Crippen LogP contribution is -2.14. The molecule has 1 N–H and O–H groups in total. The van der Waals surface area contributed by atoms with Crippen molar-refractivity contribution in [2.45, 2.75) is 38.6 Å². The number of rotatable bonds is 3. The van der Waals surface area contributed by atoms with Gasteiger partial charge in [-0.2, -0.15) is 0 Å². The molecule has 0 unspecified atom stereocenters. The Morgan fingerprint density at radius 2 is 1.67 bits per heavy atom. The van der Waals surface area contributed by atoms with Gasteiger partial charge in [-0.05, 0) is 59.9 Å². The molecular formula is C24H24N2O. The summed E-state index contributed by atoms with van der Waals surface area (Å²) in [5, 5.41) is 11.9. The number of aromatic hydroxyl groups is 1. The van der Waals surface area contributed by atoms with E-state index in [0.29, 0.717) is 5.75 Å². The summed E-state index contributed by atoms with van der Waals surface area (Å²) in [5.74, 6) is 2.10. The van der Waals surface area contributed by atoms with E-state index in [-0.39, 0.29) is 0 Å².